The molecule has 0 radical (unpaired) electrons. The van der Waals surface area contributed by atoms with Crippen molar-refractivity contribution in [1.82, 2.24) is 19.7 Å². The van der Waals surface area contributed by atoms with Crippen LogP contribution in [0.2, 0.25) is 0 Å². The molecule has 0 atom stereocenters. The normalized spacial score (nSPS) is 13.9. The first-order valence-corrected chi connectivity index (χ1v) is 11.6. The Morgan fingerprint density at radius 2 is 2.07 bits per heavy atom. The second kappa shape index (κ2) is 7.48. The fourth-order valence-electron chi connectivity index (χ4n) is 3.89. The summed E-state index contributed by atoms with van der Waals surface area (Å²) >= 11 is 2.94. The van der Waals surface area contributed by atoms with Gasteiger partial charge in [0.2, 0.25) is 0 Å². The van der Waals surface area contributed by atoms with Gasteiger partial charge in [-0.25, -0.2) is 4.98 Å². The van der Waals surface area contributed by atoms with Crippen molar-refractivity contribution in [1.29, 1.82) is 0 Å². The van der Waals surface area contributed by atoms with E-state index in [1.807, 2.05) is 32.0 Å². The van der Waals surface area contributed by atoms with Crippen molar-refractivity contribution in [2.24, 2.45) is 0 Å². The molecule has 0 saturated heterocycles. The van der Waals surface area contributed by atoms with Gasteiger partial charge in [0.25, 0.3) is 11.5 Å². The summed E-state index contributed by atoms with van der Waals surface area (Å²) in [5.74, 6) is 1.02. The number of hydrogen-bond donors (Lipinski definition) is 2. The number of aryl methyl sites for hydroxylation is 3. The number of fused-ring (bicyclic) bond motifs is 2. The van der Waals surface area contributed by atoms with Crippen molar-refractivity contribution < 1.29 is 4.79 Å². The van der Waals surface area contributed by atoms with Crippen LogP contribution in [0.3, 0.4) is 0 Å². The zero-order chi connectivity index (χ0) is 20.8. The van der Waals surface area contributed by atoms with Crippen LogP contribution in [0, 0.1) is 13.8 Å². The number of aromatic amines is 1. The van der Waals surface area contributed by atoms with Crippen LogP contribution in [0.1, 0.15) is 45.2 Å². The van der Waals surface area contributed by atoms with Gasteiger partial charge in [-0.3, -0.25) is 19.3 Å². The Morgan fingerprint density at radius 3 is 2.87 bits per heavy atom. The van der Waals surface area contributed by atoms with Crippen LogP contribution >= 0.6 is 22.7 Å². The fraction of sp³-hybridized carbons (Fsp3) is 0.333. The Balaban J connectivity index is 1.47. The monoisotopic (exact) mass is 439 g/mol. The molecule has 4 aromatic rings. The number of H-pyrrole nitrogens is 1. The molecular weight excluding hydrogens is 418 g/mol. The average molecular weight is 440 g/mol. The van der Waals surface area contributed by atoms with E-state index >= 15 is 0 Å². The molecule has 30 heavy (non-hydrogen) atoms. The van der Waals surface area contributed by atoms with Crippen molar-refractivity contribution in [2.45, 2.75) is 46.1 Å². The molecule has 5 heterocycles. The smallest absolute Gasteiger partial charge is 0.267 e. The molecule has 1 amide bonds. The van der Waals surface area contributed by atoms with Crippen LogP contribution in [0.25, 0.3) is 20.8 Å². The van der Waals surface area contributed by atoms with E-state index in [2.05, 4.69) is 15.5 Å². The third-order valence-electron chi connectivity index (χ3n) is 5.44. The highest BCUT2D eigenvalue weighted by molar-refractivity contribution is 7.20. The summed E-state index contributed by atoms with van der Waals surface area (Å²) in [5.41, 5.74) is 1.52. The summed E-state index contributed by atoms with van der Waals surface area (Å²) in [7, 11) is 0. The molecule has 1 aliphatic rings. The van der Waals surface area contributed by atoms with Crippen LogP contribution in [0.4, 0.5) is 5.82 Å². The molecule has 4 aromatic heterocycles. The first-order valence-electron chi connectivity index (χ1n) is 9.97. The van der Waals surface area contributed by atoms with E-state index < -0.39 is 0 Å². The van der Waals surface area contributed by atoms with Crippen LogP contribution < -0.4 is 10.9 Å². The number of rotatable bonds is 3. The van der Waals surface area contributed by atoms with Gasteiger partial charge in [-0.15, -0.1) is 22.7 Å². The molecule has 9 heteroatoms. The number of carbonyl (C=O) groups excluding carboxylic acids is 1. The molecule has 0 saturated carbocycles. The SMILES string of the molecule is Cc1ccc(-c2cc(NC(=O)c3sc4nc5n(c(=O)c4c3C)CCCCC5)n[nH]2)s1. The predicted molar refractivity (Wildman–Crippen MR) is 121 cm³/mol. The zero-order valence-electron chi connectivity index (χ0n) is 16.7. The Morgan fingerprint density at radius 1 is 1.20 bits per heavy atom. The number of nitrogens with zero attached hydrogens (tertiary/aromatic N) is 3. The lowest BCUT2D eigenvalue weighted by Crippen LogP contribution is -2.24. The maximum absolute atomic E-state index is 13.1. The van der Waals surface area contributed by atoms with Gasteiger partial charge in [0, 0.05) is 23.9 Å². The molecule has 154 valence electrons. The zero-order valence-corrected chi connectivity index (χ0v) is 18.4. The minimum atomic E-state index is -0.268. The highest BCUT2D eigenvalue weighted by Crippen LogP contribution is 2.30. The van der Waals surface area contributed by atoms with Gasteiger partial charge in [0.05, 0.1) is 20.8 Å². The van der Waals surface area contributed by atoms with E-state index in [-0.39, 0.29) is 11.5 Å². The Bertz CT molecular complexity index is 1330. The number of thiophene rings is 2. The molecule has 1 aliphatic heterocycles. The number of nitrogens with one attached hydrogen (secondary N) is 2. The second-order valence-electron chi connectivity index (χ2n) is 7.56. The molecule has 0 fully saturated rings. The maximum atomic E-state index is 13.1. The highest BCUT2D eigenvalue weighted by Gasteiger charge is 2.22. The summed E-state index contributed by atoms with van der Waals surface area (Å²) in [4.78, 5) is 34.2. The van der Waals surface area contributed by atoms with Crippen molar-refractivity contribution in [3.05, 3.63) is 49.7 Å². The van der Waals surface area contributed by atoms with E-state index in [0.29, 0.717) is 33.0 Å². The predicted octanol–water partition coefficient (Wildman–Crippen LogP) is 4.51. The Labute approximate surface area is 180 Å². The van der Waals surface area contributed by atoms with Crippen molar-refractivity contribution in [3.63, 3.8) is 0 Å². The van der Waals surface area contributed by atoms with Crippen molar-refractivity contribution in [2.75, 3.05) is 5.32 Å². The van der Waals surface area contributed by atoms with E-state index in [4.69, 9.17) is 4.98 Å². The molecule has 0 spiro atoms. The molecular formula is C21H21N5O2S2. The molecule has 0 aliphatic carbocycles. The van der Waals surface area contributed by atoms with E-state index in [9.17, 15) is 9.59 Å². The number of amides is 1. The van der Waals surface area contributed by atoms with Gasteiger partial charge in [0.1, 0.15) is 10.7 Å². The minimum absolute atomic E-state index is 0.0279. The number of aromatic nitrogens is 4. The summed E-state index contributed by atoms with van der Waals surface area (Å²) < 4.78 is 1.79. The summed E-state index contributed by atoms with van der Waals surface area (Å²) in [6.45, 7) is 4.57. The van der Waals surface area contributed by atoms with Gasteiger partial charge in [-0.05, 0) is 44.4 Å². The Hall–Kier alpha value is -2.78. The van der Waals surface area contributed by atoms with Crippen molar-refractivity contribution >= 4 is 44.6 Å². The van der Waals surface area contributed by atoms with Crippen LogP contribution in [-0.4, -0.2) is 25.7 Å². The van der Waals surface area contributed by atoms with E-state index in [0.717, 1.165) is 42.1 Å². The van der Waals surface area contributed by atoms with Crippen LogP contribution in [-0.2, 0) is 13.0 Å². The molecule has 5 rings (SSSR count). The lowest BCUT2D eigenvalue weighted by molar-refractivity contribution is 0.102. The lowest BCUT2D eigenvalue weighted by Gasteiger charge is -2.08. The molecule has 0 unspecified atom stereocenters. The topological polar surface area (TPSA) is 92.7 Å². The van der Waals surface area contributed by atoms with Gasteiger partial charge in [0.15, 0.2) is 5.82 Å². The molecule has 2 N–H and O–H groups in total. The minimum Gasteiger partial charge on any atom is -0.304 e. The van der Waals surface area contributed by atoms with Crippen LogP contribution in [0.15, 0.2) is 23.0 Å². The second-order valence-corrected chi connectivity index (χ2v) is 9.85. The standard InChI is InChI=1S/C21H21N5O2S2/c1-11-7-8-14(29-11)13-10-15(25-24-13)22-19(27)18-12(2)17-20(30-18)23-16-6-4-3-5-9-26(16)21(17)28/h7-8,10H,3-6,9H2,1-2H3,(H2,22,24,25,27). The lowest BCUT2D eigenvalue weighted by atomic mass is 10.2. The summed E-state index contributed by atoms with van der Waals surface area (Å²) in [5, 5.41) is 10.6. The largest absolute Gasteiger partial charge is 0.304 e. The van der Waals surface area contributed by atoms with E-state index in [1.165, 1.54) is 16.2 Å². The summed E-state index contributed by atoms with van der Waals surface area (Å²) in [6, 6.07) is 5.90. The summed E-state index contributed by atoms with van der Waals surface area (Å²) in [6.07, 6.45) is 3.95. The third-order valence-corrected chi connectivity index (χ3v) is 7.66. The van der Waals surface area contributed by atoms with E-state index in [1.54, 1.807) is 15.9 Å². The van der Waals surface area contributed by atoms with Gasteiger partial charge >= 0.3 is 0 Å². The van der Waals surface area contributed by atoms with Gasteiger partial charge in [-0.1, -0.05) is 6.42 Å². The first-order chi connectivity index (χ1) is 14.5. The van der Waals surface area contributed by atoms with Gasteiger partial charge in [-0.2, -0.15) is 5.10 Å². The molecule has 7 nitrogen and oxygen atoms in total. The number of hydrogen-bond acceptors (Lipinski definition) is 6. The average Bonchev–Trinajstić information content (AvgIpc) is 3.38. The third kappa shape index (κ3) is 3.27. The number of anilines is 1. The van der Waals surface area contributed by atoms with Gasteiger partial charge < -0.3 is 5.32 Å². The Kier molecular flexibility index (Phi) is 4.79. The molecule has 0 bridgehead atoms. The number of carbonyl (C=O) groups is 1. The highest BCUT2D eigenvalue weighted by atomic mass is 32.1. The van der Waals surface area contributed by atoms with Crippen LogP contribution in [0.5, 0.6) is 0 Å². The molecule has 0 aromatic carbocycles. The fourth-order valence-corrected chi connectivity index (χ4v) is 5.81. The first kappa shape index (κ1) is 19.2. The van der Waals surface area contributed by atoms with Crippen molar-refractivity contribution in [3.8, 4) is 10.6 Å². The maximum Gasteiger partial charge on any atom is 0.267 e. The quantitative estimate of drug-likeness (QED) is 0.491.